The van der Waals surface area contributed by atoms with E-state index >= 15 is 0 Å². The van der Waals surface area contributed by atoms with Crippen molar-refractivity contribution < 1.29 is 0 Å². The zero-order valence-corrected chi connectivity index (χ0v) is 79.4. The molecule has 3 aliphatic rings. The number of nitrogens with zero attached hydrogens (tertiary/aromatic N) is 14. The van der Waals surface area contributed by atoms with Crippen LogP contribution >= 0.6 is 0 Å². The molecule has 132 heavy (non-hydrogen) atoms. The number of fused-ring (bicyclic) bond motifs is 10. The molecule has 650 valence electrons. The van der Waals surface area contributed by atoms with Gasteiger partial charge in [0.2, 0.25) is 0 Å². The Morgan fingerprint density at radius 2 is 0.530 bits per heavy atom. The van der Waals surface area contributed by atoms with E-state index in [0.29, 0.717) is 69.9 Å². The number of rotatable bonds is 12. The molecule has 21 rings (SSSR count). The van der Waals surface area contributed by atoms with Crippen LogP contribution in [0.4, 0.5) is 0 Å². The summed E-state index contributed by atoms with van der Waals surface area (Å²) >= 11 is 0. The highest BCUT2D eigenvalue weighted by Crippen LogP contribution is 2.48. The van der Waals surface area contributed by atoms with Crippen molar-refractivity contribution in [2.24, 2.45) is 5.92 Å². The minimum absolute atomic E-state index is 0.0783. The summed E-state index contributed by atoms with van der Waals surface area (Å²) in [5, 5.41) is 4.04. The average molecular weight is 1720 g/mol. The van der Waals surface area contributed by atoms with Gasteiger partial charge in [-0.3, -0.25) is 0 Å². The van der Waals surface area contributed by atoms with E-state index < -0.39 is 0 Å². The second-order valence-electron chi connectivity index (χ2n) is 42.9. The summed E-state index contributed by atoms with van der Waals surface area (Å²) in [6.45, 7) is 46.8. The van der Waals surface area contributed by atoms with Crippen LogP contribution in [-0.4, -0.2) is 75.7 Å². The molecule has 0 saturated carbocycles. The van der Waals surface area contributed by atoms with Gasteiger partial charge in [0.25, 0.3) is 6.71 Å². The van der Waals surface area contributed by atoms with Gasteiger partial charge in [0.1, 0.15) is 0 Å². The molecule has 15 heteroatoms. The van der Waals surface area contributed by atoms with Crippen molar-refractivity contribution in [3.05, 3.63) is 311 Å². The number of aryl methyl sites for hydroxylation is 1. The minimum atomic E-state index is -0.275. The minimum Gasteiger partial charge on any atom is -0.310 e. The van der Waals surface area contributed by atoms with Crippen molar-refractivity contribution in [1.82, 2.24) is 68.9 Å². The van der Waals surface area contributed by atoms with E-state index in [9.17, 15) is 0 Å². The number of allylic oxidation sites excluding steroid dienone is 4. The Bertz CT molecular complexity index is 7660. The van der Waals surface area contributed by atoms with Crippen molar-refractivity contribution in [3.63, 3.8) is 0 Å². The molecule has 1 aliphatic carbocycles. The Morgan fingerprint density at radius 1 is 0.273 bits per heavy atom. The van der Waals surface area contributed by atoms with E-state index in [1.807, 2.05) is 0 Å². The molecule has 8 heterocycles. The van der Waals surface area contributed by atoms with Gasteiger partial charge < -0.3 is 9.13 Å². The molecule has 0 saturated heterocycles. The zero-order chi connectivity index (χ0) is 91.9. The van der Waals surface area contributed by atoms with E-state index in [0.717, 1.165) is 150 Å². The summed E-state index contributed by atoms with van der Waals surface area (Å²) in [6, 6.07) is 90.6. The standard InChI is InChI=1S/C117H109BN14/c1-66-31-34-69(35-32-66)100-119-101(70-36-48-78(49-37-70)112(4,5)6)123-107(122-100)76-62-87(110-126-102(71-38-50-79(51-39-71)113(7,8)9)120-103(127-110)72-40-52-80(53-41-72)114(10,11)12)95-85-25-22-27-89-98(85)131(93(95)64-76)91-29-24-30-92-97(91)118(89)90-28-23-26-86-96-88(111-128-104(73-42-54-81(55-43-73)115(13,14)15)121-105(129-111)74-44-56-82(57-45-74)116(16,17)18)63-77(65-94(96)132(92)99(86)90)108-124-106(75-46-58-83(59-47-75)117(19,20)21)125-109(130-108)84-60-33-67(2)61-68(84)3/h22-60,62-65,68H,61H2,1-21H3. The summed E-state index contributed by atoms with van der Waals surface area (Å²) in [4.78, 5) is 67.2. The number of para-hydroxylation sites is 2. The van der Waals surface area contributed by atoms with Crippen LogP contribution < -0.4 is 16.4 Å². The molecule has 0 amide bonds. The first-order valence-corrected chi connectivity index (χ1v) is 46.4. The Labute approximate surface area is 774 Å². The van der Waals surface area contributed by atoms with Crippen molar-refractivity contribution in [3.8, 4) is 137 Å². The van der Waals surface area contributed by atoms with Crippen molar-refractivity contribution in [1.29, 1.82) is 0 Å². The monoisotopic (exact) mass is 1720 g/mol. The molecule has 0 bridgehead atoms. The highest BCUT2D eigenvalue weighted by atomic mass is 15.1. The van der Waals surface area contributed by atoms with Crippen LogP contribution in [0.3, 0.4) is 0 Å². The lowest BCUT2D eigenvalue weighted by atomic mass is 9.34. The van der Waals surface area contributed by atoms with Gasteiger partial charge in [-0.1, -0.05) is 367 Å². The third-order valence-corrected chi connectivity index (χ3v) is 27.2. The Morgan fingerprint density at radius 3 is 0.811 bits per heavy atom. The summed E-state index contributed by atoms with van der Waals surface area (Å²) in [5.41, 5.74) is 29.0. The average Bonchev–Trinajstić information content (AvgIpc) is 1.52. The van der Waals surface area contributed by atoms with Crippen LogP contribution in [0, 0.1) is 12.8 Å². The molecular weight excluding hydrogens is 1610 g/mol. The highest BCUT2D eigenvalue weighted by molar-refractivity contribution is 7.00. The second kappa shape index (κ2) is 31.0. The molecule has 0 N–H and O–H groups in total. The molecule has 12 aromatic carbocycles. The summed E-state index contributed by atoms with van der Waals surface area (Å²) in [5.74, 6) is 6.73. The Kier molecular flexibility index (Phi) is 19.9. The Hall–Kier alpha value is -14.2. The molecule has 1 unspecified atom stereocenters. The molecule has 0 spiro atoms. The molecular formula is C117H109BN14. The molecule has 14 nitrogen and oxygen atoms in total. The molecule has 0 fully saturated rings. The highest BCUT2D eigenvalue weighted by Gasteiger charge is 2.43. The van der Waals surface area contributed by atoms with E-state index in [1.165, 1.54) is 39.0 Å². The fourth-order valence-electron chi connectivity index (χ4n) is 19.5. The second-order valence-corrected chi connectivity index (χ2v) is 42.9. The molecule has 2 aliphatic heterocycles. The smallest absolute Gasteiger partial charge is 0.252 e. The predicted molar refractivity (Wildman–Crippen MR) is 546 cm³/mol. The SMILES string of the molecule is CC1=CC=C(c2nc(-c3ccc(C(C)(C)C)cc3)nc(-c3cc(-c4nc(-c5ccc(C(C)(C)C)cc5)nc(-c5ccc(C(C)(C)C)cc5)n4)c4c5cccc6c5n(c4c3)-c3cccc4c3B6c3cccc5c6c(-c7nc(-c8ccc(C(C)(C)C)cc8)nc(-c8ccc(C(C)(C)C)cc8)n7)cc(-c7nc(-c8ccc(C)cc8)nc(-c8ccc(C(C)(C)C)cc8)n7)cc6n-4c35)n2)C(C)C1. The molecule has 0 radical (unpaired) electrons. The van der Waals surface area contributed by atoms with Gasteiger partial charge in [0, 0.05) is 111 Å². The first kappa shape index (κ1) is 84.7. The van der Waals surface area contributed by atoms with Gasteiger partial charge >= 0.3 is 0 Å². The first-order chi connectivity index (χ1) is 62.9. The van der Waals surface area contributed by atoms with Gasteiger partial charge in [-0.15, -0.1) is 0 Å². The number of aromatic nitrogens is 14. The van der Waals surface area contributed by atoms with Gasteiger partial charge in [0.15, 0.2) is 69.9 Å². The van der Waals surface area contributed by atoms with Gasteiger partial charge in [0.05, 0.1) is 11.0 Å². The van der Waals surface area contributed by atoms with Crippen molar-refractivity contribution >= 4 is 72.3 Å². The van der Waals surface area contributed by atoms with E-state index in [-0.39, 0.29) is 45.1 Å². The summed E-state index contributed by atoms with van der Waals surface area (Å²) in [7, 11) is 0. The first-order valence-electron chi connectivity index (χ1n) is 46.4. The Balaban J connectivity index is 0.856. The fourth-order valence-corrected chi connectivity index (χ4v) is 19.5. The number of hydrogen-bond donors (Lipinski definition) is 0. The quantitative estimate of drug-likeness (QED) is 0.106. The van der Waals surface area contributed by atoms with Crippen LogP contribution in [-0.2, 0) is 32.5 Å². The normalized spacial score (nSPS) is 14.1. The van der Waals surface area contributed by atoms with E-state index in [1.54, 1.807) is 0 Å². The number of hydrogen-bond acceptors (Lipinski definition) is 12. The molecule has 6 aromatic heterocycles. The summed E-state index contributed by atoms with van der Waals surface area (Å²) < 4.78 is 5.03. The maximum Gasteiger partial charge on any atom is 0.252 e. The third kappa shape index (κ3) is 15.0. The van der Waals surface area contributed by atoms with Gasteiger partial charge in [-0.25, -0.2) is 59.8 Å². The third-order valence-electron chi connectivity index (χ3n) is 27.2. The predicted octanol–water partition coefficient (Wildman–Crippen LogP) is 26.6. The molecule has 18 aromatic rings. The maximum absolute atomic E-state index is 5.73. The maximum atomic E-state index is 5.73. The van der Waals surface area contributed by atoms with Crippen LogP contribution in [0.1, 0.15) is 190 Å². The van der Waals surface area contributed by atoms with Crippen molar-refractivity contribution in [2.75, 3.05) is 0 Å². The van der Waals surface area contributed by atoms with Crippen LogP contribution in [0.2, 0.25) is 0 Å². The fraction of sp³-hybridized carbons (Fsp3) is 0.248. The van der Waals surface area contributed by atoms with E-state index in [2.05, 4.69) is 415 Å². The molecule has 1 atom stereocenters. The summed E-state index contributed by atoms with van der Waals surface area (Å²) in [6.07, 6.45) is 5.31. The zero-order valence-electron chi connectivity index (χ0n) is 79.4. The van der Waals surface area contributed by atoms with Crippen molar-refractivity contribution in [2.45, 2.75) is 184 Å². The van der Waals surface area contributed by atoms with Crippen LogP contribution in [0.25, 0.3) is 186 Å². The number of benzene rings is 12. The van der Waals surface area contributed by atoms with Crippen LogP contribution in [0.5, 0.6) is 0 Å². The lowest BCUT2D eigenvalue weighted by Crippen LogP contribution is -2.59. The van der Waals surface area contributed by atoms with Gasteiger partial charge in [-0.05, 0) is 145 Å². The topological polar surface area (TPSA) is 165 Å². The van der Waals surface area contributed by atoms with E-state index in [4.69, 9.17) is 59.8 Å². The van der Waals surface area contributed by atoms with Crippen LogP contribution in [0.15, 0.2) is 266 Å². The lowest BCUT2D eigenvalue weighted by Gasteiger charge is -2.33. The van der Waals surface area contributed by atoms with Gasteiger partial charge in [-0.2, -0.15) is 0 Å². The lowest BCUT2D eigenvalue weighted by molar-refractivity contribution is 0.590. The largest absolute Gasteiger partial charge is 0.310 e.